The first-order valence-corrected chi connectivity index (χ1v) is 8.24. The third-order valence-electron chi connectivity index (χ3n) is 3.65. The number of nitrogens with one attached hydrogen (secondary N) is 2. The van der Waals surface area contributed by atoms with Gasteiger partial charge in [-0.2, -0.15) is 0 Å². The summed E-state index contributed by atoms with van der Waals surface area (Å²) >= 11 is 0. The molecule has 0 aliphatic carbocycles. The quantitative estimate of drug-likeness (QED) is 0.315. The van der Waals surface area contributed by atoms with Crippen LogP contribution in [0.5, 0.6) is 23.0 Å². The topological polar surface area (TPSA) is 84.3 Å². The Morgan fingerprint density at radius 1 is 0.963 bits per heavy atom. The second-order valence-corrected chi connectivity index (χ2v) is 5.40. The Balaban J connectivity index is 0.00000364. The summed E-state index contributed by atoms with van der Waals surface area (Å²) in [5.41, 5.74) is 1.69. The molecule has 0 unspecified atom stereocenters. The summed E-state index contributed by atoms with van der Waals surface area (Å²) in [7, 11) is 4.71. The lowest BCUT2D eigenvalue weighted by atomic mass is 10.2. The summed E-state index contributed by atoms with van der Waals surface area (Å²) in [6.07, 6.45) is 0. The fourth-order valence-electron chi connectivity index (χ4n) is 2.36. The van der Waals surface area contributed by atoms with Gasteiger partial charge in [-0.3, -0.25) is 0 Å². The molecule has 2 aromatic rings. The molecule has 0 heterocycles. The Labute approximate surface area is 176 Å². The molecular weight excluding hydrogens is 461 g/mol. The Morgan fingerprint density at radius 3 is 2.22 bits per heavy atom. The van der Waals surface area contributed by atoms with Crippen LogP contribution in [-0.4, -0.2) is 38.9 Å². The number of nitrogens with zero attached hydrogens (tertiary/aromatic N) is 1. The molecular formula is C19H26IN3O4. The van der Waals surface area contributed by atoms with Crippen molar-refractivity contribution >= 4 is 35.6 Å². The number of hydrogen-bond donors (Lipinski definition) is 3. The normalized spacial score (nSPS) is 10.6. The molecule has 2 aromatic carbocycles. The van der Waals surface area contributed by atoms with Crippen molar-refractivity contribution in [3.05, 3.63) is 42.0 Å². The van der Waals surface area contributed by atoms with Crippen LogP contribution in [0.2, 0.25) is 0 Å². The number of guanidine groups is 1. The molecule has 3 N–H and O–H groups in total. The van der Waals surface area contributed by atoms with E-state index >= 15 is 0 Å². The van der Waals surface area contributed by atoms with Gasteiger partial charge in [-0.15, -0.1) is 24.0 Å². The minimum Gasteiger partial charge on any atom is -0.504 e. The van der Waals surface area contributed by atoms with Crippen molar-refractivity contribution in [2.24, 2.45) is 4.99 Å². The van der Waals surface area contributed by atoms with E-state index in [1.165, 1.54) is 7.11 Å². The summed E-state index contributed by atoms with van der Waals surface area (Å²) in [5.74, 6) is 2.45. The maximum absolute atomic E-state index is 9.87. The third kappa shape index (κ3) is 6.38. The van der Waals surface area contributed by atoms with E-state index < -0.39 is 0 Å². The number of anilines is 1. The van der Waals surface area contributed by atoms with Gasteiger partial charge in [0.2, 0.25) is 0 Å². The maximum Gasteiger partial charge on any atom is 0.196 e. The van der Waals surface area contributed by atoms with Crippen LogP contribution in [0.25, 0.3) is 0 Å². The van der Waals surface area contributed by atoms with Crippen LogP contribution >= 0.6 is 24.0 Å². The average Bonchev–Trinajstić information content (AvgIpc) is 2.66. The average molecular weight is 487 g/mol. The first-order valence-electron chi connectivity index (χ1n) is 8.24. The lowest BCUT2D eigenvalue weighted by molar-refractivity contribution is 0.355. The second kappa shape index (κ2) is 11.4. The summed E-state index contributed by atoms with van der Waals surface area (Å²) in [4.78, 5) is 4.54. The molecule has 0 aliphatic heterocycles. The molecule has 2 rings (SSSR count). The molecule has 148 valence electrons. The Bertz CT molecular complexity index is 769. The molecule has 0 bridgehead atoms. The molecule has 27 heavy (non-hydrogen) atoms. The fraction of sp³-hybridized carbons (Fsp3) is 0.316. The minimum atomic E-state index is 0. The van der Waals surface area contributed by atoms with Crippen molar-refractivity contribution < 1.29 is 19.3 Å². The van der Waals surface area contributed by atoms with E-state index in [9.17, 15) is 5.11 Å². The van der Waals surface area contributed by atoms with Gasteiger partial charge in [-0.25, -0.2) is 4.99 Å². The highest BCUT2D eigenvalue weighted by Gasteiger charge is 2.07. The smallest absolute Gasteiger partial charge is 0.196 e. The van der Waals surface area contributed by atoms with Crippen molar-refractivity contribution in [2.45, 2.75) is 13.5 Å². The standard InChI is InChI=1S/C19H25N3O4.HI/c1-5-20-19(21-12-13-6-8-16(24-2)15(23)10-13)22-14-7-9-17(25-3)18(11-14)26-4;/h6-11,23H,5,12H2,1-4H3,(H2,20,21,22);1H. The number of aliphatic imine (C=N–C) groups is 1. The summed E-state index contributed by atoms with van der Waals surface area (Å²) < 4.78 is 15.6. The molecule has 7 nitrogen and oxygen atoms in total. The number of hydrogen-bond acceptors (Lipinski definition) is 5. The fourth-order valence-corrected chi connectivity index (χ4v) is 2.36. The maximum atomic E-state index is 9.87. The SMILES string of the molecule is CCNC(=NCc1ccc(OC)c(O)c1)Nc1ccc(OC)c(OC)c1.I. The van der Waals surface area contributed by atoms with E-state index in [0.29, 0.717) is 36.3 Å². The van der Waals surface area contributed by atoms with E-state index in [1.807, 2.05) is 31.2 Å². The Kier molecular flexibility index (Phi) is 9.55. The number of methoxy groups -OCH3 is 3. The molecule has 0 saturated carbocycles. The van der Waals surface area contributed by atoms with Gasteiger partial charge >= 0.3 is 0 Å². The van der Waals surface area contributed by atoms with E-state index in [-0.39, 0.29) is 29.7 Å². The predicted molar refractivity (Wildman–Crippen MR) is 118 cm³/mol. The minimum absolute atomic E-state index is 0. The van der Waals surface area contributed by atoms with E-state index in [4.69, 9.17) is 14.2 Å². The van der Waals surface area contributed by atoms with E-state index in [1.54, 1.807) is 26.4 Å². The van der Waals surface area contributed by atoms with E-state index in [2.05, 4.69) is 15.6 Å². The van der Waals surface area contributed by atoms with Crippen molar-refractivity contribution in [1.29, 1.82) is 0 Å². The monoisotopic (exact) mass is 487 g/mol. The highest BCUT2D eigenvalue weighted by molar-refractivity contribution is 14.0. The van der Waals surface area contributed by atoms with Crippen molar-refractivity contribution in [3.8, 4) is 23.0 Å². The summed E-state index contributed by atoms with van der Waals surface area (Å²) in [6, 6.07) is 10.8. The van der Waals surface area contributed by atoms with Crippen LogP contribution < -0.4 is 24.8 Å². The first kappa shape index (κ1) is 22.7. The van der Waals surface area contributed by atoms with Crippen molar-refractivity contribution in [2.75, 3.05) is 33.2 Å². The van der Waals surface area contributed by atoms with Gasteiger partial charge in [-0.1, -0.05) is 6.07 Å². The van der Waals surface area contributed by atoms with Crippen molar-refractivity contribution in [1.82, 2.24) is 5.32 Å². The highest BCUT2D eigenvalue weighted by Crippen LogP contribution is 2.30. The number of halogens is 1. The zero-order valence-electron chi connectivity index (χ0n) is 15.9. The van der Waals surface area contributed by atoms with E-state index in [0.717, 1.165) is 11.3 Å². The van der Waals surface area contributed by atoms with Gasteiger partial charge in [0.25, 0.3) is 0 Å². The van der Waals surface area contributed by atoms with Gasteiger partial charge in [0, 0.05) is 18.3 Å². The number of ether oxygens (including phenoxy) is 3. The predicted octanol–water partition coefficient (Wildman–Crippen LogP) is 3.61. The van der Waals surface area contributed by atoms with Crippen LogP contribution in [0, 0.1) is 0 Å². The van der Waals surface area contributed by atoms with Crippen LogP contribution in [0.3, 0.4) is 0 Å². The summed E-state index contributed by atoms with van der Waals surface area (Å²) in [5, 5.41) is 16.3. The zero-order valence-corrected chi connectivity index (χ0v) is 18.2. The van der Waals surface area contributed by atoms with Crippen LogP contribution in [-0.2, 0) is 6.54 Å². The molecule has 0 amide bonds. The first-order chi connectivity index (χ1) is 12.6. The number of aromatic hydroxyl groups is 1. The lowest BCUT2D eigenvalue weighted by Gasteiger charge is -2.14. The number of rotatable bonds is 7. The van der Waals surface area contributed by atoms with Gasteiger partial charge in [0.15, 0.2) is 29.0 Å². The number of phenolic OH excluding ortho intramolecular Hbond substituents is 1. The van der Waals surface area contributed by atoms with Gasteiger partial charge in [0.1, 0.15) is 0 Å². The molecule has 0 aromatic heterocycles. The number of benzene rings is 2. The lowest BCUT2D eigenvalue weighted by Crippen LogP contribution is -2.30. The molecule has 0 aliphatic rings. The molecule has 0 atom stereocenters. The van der Waals surface area contributed by atoms with Crippen molar-refractivity contribution in [3.63, 3.8) is 0 Å². The zero-order chi connectivity index (χ0) is 18.9. The third-order valence-corrected chi connectivity index (χ3v) is 3.65. The molecule has 0 fully saturated rings. The Hall–Kier alpha value is -2.36. The van der Waals surface area contributed by atoms with Crippen LogP contribution in [0.4, 0.5) is 5.69 Å². The summed E-state index contributed by atoms with van der Waals surface area (Å²) in [6.45, 7) is 3.11. The van der Waals surface area contributed by atoms with Gasteiger partial charge in [-0.05, 0) is 36.8 Å². The molecule has 0 spiro atoms. The highest BCUT2D eigenvalue weighted by atomic mass is 127. The number of phenols is 1. The van der Waals surface area contributed by atoms with Gasteiger partial charge < -0.3 is 30.0 Å². The second-order valence-electron chi connectivity index (χ2n) is 5.40. The molecule has 8 heteroatoms. The molecule has 0 radical (unpaired) electrons. The molecule has 0 saturated heterocycles. The van der Waals surface area contributed by atoms with Crippen LogP contribution in [0.1, 0.15) is 12.5 Å². The largest absolute Gasteiger partial charge is 0.504 e. The van der Waals surface area contributed by atoms with Gasteiger partial charge in [0.05, 0.1) is 27.9 Å². The van der Waals surface area contributed by atoms with Crippen LogP contribution in [0.15, 0.2) is 41.4 Å². The Morgan fingerprint density at radius 2 is 1.63 bits per heavy atom.